The molecule has 0 amide bonds. The van der Waals surface area contributed by atoms with Crippen molar-refractivity contribution >= 4 is 21.8 Å². The lowest BCUT2D eigenvalue weighted by molar-refractivity contribution is 0.476. The number of phenolic OH excluding ortho intramolecular Hbond substituents is 1. The minimum atomic E-state index is 0.304. The Balaban J connectivity index is 2.27. The second-order valence-corrected chi connectivity index (χ2v) is 4.48. The Morgan fingerprint density at radius 2 is 1.71 bits per heavy atom. The highest BCUT2D eigenvalue weighted by molar-refractivity contribution is 6.07. The Bertz CT molecular complexity index is 682. The standard InChI is InChI=1S/C15H15NO/c1-2-3-10-4-6-12-13-7-5-11(17)9-15(13)16-14(12)8-10/h4-9,16-17H,2-3H2,1H3. The molecule has 2 N–H and O–H groups in total. The largest absolute Gasteiger partial charge is 0.508 e. The Morgan fingerprint density at radius 3 is 2.47 bits per heavy atom. The van der Waals surface area contributed by atoms with E-state index in [1.165, 1.54) is 16.3 Å². The maximum atomic E-state index is 9.47. The first-order valence-corrected chi connectivity index (χ1v) is 6.01. The first-order valence-electron chi connectivity index (χ1n) is 6.01. The van der Waals surface area contributed by atoms with E-state index in [9.17, 15) is 5.11 Å². The number of rotatable bonds is 2. The van der Waals surface area contributed by atoms with E-state index < -0.39 is 0 Å². The van der Waals surface area contributed by atoms with Gasteiger partial charge in [0.05, 0.1) is 5.52 Å². The topological polar surface area (TPSA) is 36.0 Å². The quantitative estimate of drug-likeness (QED) is 0.680. The maximum absolute atomic E-state index is 9.47. The van der Waals surface area contributed by atoms with Crippen molar-refractivity contribution in [3.63, 3.8) is 0 Å². The molecule has 17 heavy (non-hydrogen) atoms. The summed E-state index contributed by atoms with van der Waals surface area (Å²) in [6, 6.07) is 12.0. The van der Waals surface area contributed by atoms with Gasteiger partial charge >= 0.3 is 0 Å². The Hall–Kier alpha value is -1.96. The molecule has 0 aliphatic rings. The van der Waals surface area contributed by atoms with Gasteiger partial charge in [0.25, 0.3) is 0 Å². The number of aromatic nitrogens is 1. The van der Waals surface area contributed by atoms with Crippen LogP contribution in [-0.4, -0.2) is 10.1 Å². The minimum Gasteiger partial charge on any atom is -0.508 e. The molecule has 0 saturated heterocycles. The lowest BCUT2D eigenvalue weighted by Gasteiger charge is -1.98. The molecule has 3 rings (SSSR count). The highest BCUT2D eigenvalue weighted by Gasteiger charge is 2.05. The van der Waals surface area contributed by atoms with Gasteiger partial charge in [-0.25, -0.2) is 0 Å². The number of H-pyrrole nitrogens is 1. The fraction of sp³-hybridized carbons (Fsp3) is 0.200. The van der Waals surface area contributed by atoms with Gasteiger partial charge < -0.3 is 10.1 Å². The second kappa shape index (κ2) is 3.81. The average Bonchev–Trinajstić information content (AvgIpc) is 2.65. The van der Waals surface area contributed by atoms with Crippen LogP contribution in [0.3, 0.4) is 0 Å². The highest BCUT2D eigenvalue weighted by atomic mass is 16.3. The van der Waals surface area contributed by atoms with Crippen LogP contribution in [0.15, 0.2) is 36.4 Å². The molecule has 0 saturated carbocycles. The fourth-order valence-corrected chi connectivity index (χ4v) is 2.39. The molecule has 0 bridgehead atoms. The molecule has 0 radical (unpaired) electrons. The summed E-state index contributed by atoms with van der Waals surface area (Å²) in [6.45, 7) is 2.19. The third-order valence-electron chi connectivity index (χ3n) is 3.19. The summed E-state index contributed by atoms with van der Waals surface area (Å²) in [4.78, 5) is 3.36. The molecular formula is C15H15NO. The number of benzene rings is 2. The van der Waals surface area contributed by atoms with E-state index in [1.807, 2.05) is 6.07 Å². The lowest BCUT2D eigenvalue weighted by Crippen LogP contribution is -1.81. The molecule has 0 atom stereocenters. The van der Waals surface area contributed by atoms with Gasteiger partial charge in [0.1, 0.15) is 5.75 Å². The number of nitrogens with one attached hydrogen (secondary N) is 1. The first kappa shape index (κ1) is 10.2. The zero-order valence-corrected chi connectivity index (χ0v) is 9.83. The number of aryl methyl sites for hydroxylation is 1. The van der Waals surface area contributed by atoms with Crippen LogP contribution in [0, 0.1) is 0 Å². The second-order valence-electron chi connectivity index (χ2n) is 4.48. The molecule has 86 valence electrons. The monoisotopic (exact) mass is 225 g/mol. The number of aromatic hydroxyl groups is 1. The van der Waals surface area contributed by atoms with Crippen LogP contribution in [0.1, 0.15) is 18.9 Å². The predicted octanol–water partition coefficient (Wildman–Crippen LogP) is 3.98. The minimum absolute atomic E-state index is 0.304. The van der Waals surface area contributed by atoms with Crippen molar-refractivity contribution in [2.75, 3.05) is 0 Å². The van der Waals surface area contributed by atoms with Gasteiger partial charge in [-0.1, -0.05) is 25.5 Å². The first-order chi connectivity index (χ1) is 8.28. The van der Waals surface area contributed by atoms with Crippen LogP contribution in [0.5, 0.6) is 5.75 Å². The molecule has 0 fully saturated rings. The number of aromatic amines is 1. The van der Waals surface area contributed by atoms with E-state index in [0.29, 0.717) is 5.75 Å². The summed E-state index contributed by atoms with van der Waals surface area (Å²) < 4.78 is 0. The van der Waals surface area contributed by atoms with Gasteiger partial charge in [0, 0.05) is 22.4 Å². The van der Waals surface area contributed by atoms with Crippen molar-refractivity contribution in [2.24, 2.45) is 0 Å². The van der Waals surface area contributed by atoms with Crippen LogP contribution in [0.4, 0.5) is 0 Å². The molecule has 0 aliphatic carbocycles. The van der Waals surface area contributed by atoms with E-state index in [0.717, 1.165) is 23.9 Å². The third-order valence-corrected chi connectivity index (χ3v) is 3.19. The number of hydrogen-bond acceptors (Lipinski definition) is 1. The molecule has 3 aromatic rings. The summed E-state index contributed by atoms with van der Waals surface area (Å²) in [5.74, 6) is 0.304. The Morgan fingerprint density at radius 1 is 1.00 bits per heavy atom. The van der Waals surface area contributed by atoms with Gasteiger partial charge in [0.15, 0.2) is 0 Å². The van der Waals surface area contributed by atoms with Crippen molar-refractivity contribution in [1.29, 1.82) is 0 Å². The number of hydrogen-bond donors (Lipinski definition) is 2. The highest BCUT2D eigenvalue weighted by Crippen LogP contribution is 2.28. The van der Waals surface area contributed by atoms with Crippen molar-refractivity contribution in [3.05, 3.63) is 42.0 Å². The van der Waals surface area contributed by atoms with Crippen LogP contribution in [0.2, 0.25) is 0 Å². The zero-order valence-electron chi connectivity index (χ0n) is 9.83. The third kappa shape index (κ3) is 1.66. The van der Waals surface area contributed by atoms with E-state index in [4.69, 9.17) is 0 Å². The van der Waals surface area contributed by atoms with Gasteiger partial charge in [0.2, 0.25) is 0 Å². The van der Waals surface area contributed by atoms with Crippen LogP contribution < -0.4 is 0 Å². The fourth-order valence-electron chi connectivity index (χ4n) is 2.39. The average molecular weight is 225 g/mol. The van der Waals surface area contributed by atoms with Crippen LogP contribution in [0.25, 0.3) is 21.8 Å². The predicted molar refractivity (Wildman–Crippen MR) is 71.5 cm³/mol. The van der Waals surface area contributed by atoms with Gasteiger partial charge in [-0.15, -0.1) is 0 Å². The van der Waals surface area contributed by atoms with E-state index in [2.05, 4.69) is 30.1 Å². The molecule has 1 aromatic heterocycles. The van der Waals surface area contributed by atoms with Crippen molar-refractivity contribution in [1.82, 2.24) is 4.98 Å². The van der Waals surface area contributed by atoms with Gasteiger partial charge in [-0.05, 0) is 30.2 Å². The van der Waals surface area contributed by atoms with Gasteiger partial charge in [-0.2, -0.15) is 0 Å². The molecular weight excluding hydrogens is 210 g/mol. The molecule has 0 unspecified atom stereocenters. The lowest BCUT2D eigenvalue weighted by atomic mass is 10.1. The van der Waals surface area contributed by atoms with Crippen LogP contribution in [-0.2, 0) is 6.42 Å². The van der Waals surface area contributed by atoms with Crippen molar-refractivity contribution < 1.29 is 5.11 Å². The summed E-state index contributed by atoms with van der Waals surface area (Å²) in [6.07, 6.45) is 2.27. The Labute approximate surface area is 99.9 Å². The molecule has 0 aliphatic heterocycles. The van der Waals surface area contributed by atoms with E-state index in [1.54, 1.807) is 12.1 Å². The Kier molecular flexibility index (Phi) is 2.29. The maximum Gasteiger partial charge on any atom is 0.117 e. The van der Waals surface area contributed by atoms with E-state index in [-0.39, 0.29) is 0 Å². The number of phenols is 1. The zero-order chi connectivity index (χ0) is 11.8. The summed E-state index contributed by atoms with van der Waals surface area (Å²) in [5.41, 5.74) is 3.50. The summed E-state index contributed by atoms with van der Waals surface area (Å²) >= 11 is 0. The molecule has 1 heterocycles. The summed E-state index contributed by atoms with van der Waals surface area (Å²) in [7, 11) is 0. The van der Waals surface area contributed by atoms with Crippen molar-refractivity contribution in [3.8, 4) is 5.75 Å². The number of fused-ring (bicyclic) bond motifs is 3. The van der Waals surface area contributed by atoms with E-state index >= 15 is 0 Å². The molecule has 0 spiro atoms. The molecule has 2 aromatic carbocycles. The van der Waals surface area contributed by atoms with Crippen molar-refractivity contribution in [2.45, 2.75) is 19.8 Å². The SMILES string of the molecule is CCCc1ccc2c(c1)[nH]c1cc(O)ccc12. The smallest absolute Gasteiger partial charge is 0.117 e. The molecule has 2 nitrogen and oxygen atoms in total. The normalized spacial score (nSPS) is 11.4. The summed E-state index contributed by atoms with van der Waals surface area (Å²) in [5, 5.41) is 11.9. The van der Waals surface area contributed by atoms with Gasteiger partial charge in [-0.3, -0.25) is 0 Å². The molecule has 2 heteroatoms. The van der Waals surface area contributed by atoms with Crippen LogP contribution >= 0.6 is 0 Å².